The molecule has 11 heteroatoms. The molecule has 8 nitrogen and oxygen atoms in total. The number of aliphatic hydroxyl groups is 1. The lowest BCUT2D eigenvalue weighted by Crippen LogP contribution is -2.46. The minimum absolute atomic E-state index is 0.100. The zero-order chi connectivity index (χ0) is 34.2. The van der Waals surface area contributed by atoms with Crippen LogP contribution in [-0.2, 0) is 18.7 Å². The van der Waals surface area contributed by atoms with E-state index in [2.05, 4.69) is 24.6 Å². The molecule has 2 heterocycles. The molecule has 5 rings (SSSR count). The normalized spacial score (nSPS) is 14.1. The number of nitrogens with zero attached hydrogens (tertiary/aromatic N) is 4. The Morgan fingerprint density at radius 3 is 2.40 bits per heavy atom. The van der Waals surface area contributed by atoms with Gasteiger partial charge < -0.3 is 19.6 Å². The van der Waals surface area contributed by atoms with Gasteiger partial charge in [0, 0.05) is 36.8 Å². The number of aliphatic hydroxyl groups excluding tert-OH is 1. The number of amides is 2. The second-order valence-corrected chi connectivity index (χ2v) is 13.8. The lowest BCUT2D eigenvalue weighted by atomic mass is 9.93. The quantitative estimate of drug-likeness (QED) is 0.128. The SMILES string of the molecule is CCCCN(CCCC)C(=O)c1cc(C)n(-c2ccc(NSCc3ccc(Cl)c(Cl)c3)cc2C(=O)N2Cc3ccccc3CC2CO)n1. The topological polar surface area (TPSA) is 90.7 Å². The number of rotatable bonds is 14. The number of nitrogens with one attached hydrogen (secondary N) is 1. The number of anilines is 1. The van der Waals surface area contributed by atoms with Crippen LogP contribution in [0.25, 0.3) is 5.69 Å². The lowest BCUT2D eigenvalue weighted by Gasteiger charge is -2.36. The van der Waals surface area contributed by atoms with Crippen molar-refractivity contribution in [2.75, 3.05) is 24.4 Å². The fourth-order valence-corrected chi connectivity index (χ4v) is 6.96. The Balaban J connectivity index is 1.48. The summed E-state index contributed by atoms with van der Waals surface area (Å²) in [7, 11) is 0. The van der Waals surface area contributed by atoms with Crippen molar-refractivity contribution < 1.29 is 14.7 Å². The van der Waals surface area contributed by atoms with Crippen molar-refractivity contribution in [3.8, 4) is 5.69 Å². The van der Waals surface area contributed by atoms with Gasteiger partial charge in [-0.15, -0.1) is 0 Å². The summed E-state index contributed by atoms with van der Waals surface area (Å²) < 4.78 is 5.06. The highest BCUT2D eigenvalue weighted by Gasteiger charge is 2.32. The van der Waals surface area contributed by atoms with Crippen LogP contribution in [0.3, 0.4) is 0 Å². The van der Waals surface area contributed by atoms with Crippen molar-refractivity contribution in [2.24, 2.45) is 0 Å². The molecule has 0 saturated carbocycles. The summed E-state index contributed by atoms with van der Waals surface area (Å²) in [6.45, 7) is 7.73. The largest absolute Gasteiger partial charge is 0.394 e. The van der Waals surface area contributed by atoms with Crippen molar-refractivity contribution in [1.82, 2.24) is 19.6 Å². The molecule has 254 valence electrons. The summed E-state index contributed by atoms with van der Waals surface area (Å²) in [6, 6.07) is 20.6. The summed E-state index contributed by atoms with van der Waals surface area (Å²) in [4.78, 5) is 31.8. The number of hydrogen-bond donors (Lipinski definition) is 2. The molecule has 1 aromatic heterocycles. The summed E-state index contributed by atoms with van der Waals surface area (Å²) in [6.07, 6.45) is 4.41. The van der Waals surface area contributed by atoms with E-state index < -0.39 is 0 Å². The first-order valence-electron chi connectivity index (χ1n) is 16.5. The second kappa shape index (κ2) is 16.7. The zero-order valence-electron chi connectivity index (χ0n) is 27.7. The van der Waals surface area contributed by atoms with Crippen LogP contribution >= 0.6 is 35.1 Å². The number of halogens is 2. The Kier molecular flexibility index (Phi) is 12.5. The average molecular weight is 709 g/mol. The molecule has 3 aromatic carbocycles. The summed E-state index contributed by atoms with van der Waals surface area (Å²) in [5, 5.41) is 16.2. The highest BCUT2D eigenvalue weighted by Crippen LogP contribution is 2.30. The molecule has 1 aliphatic heterocycles. The summed E-state index contributed by atoms with van der Waals surface area (Å²) in [5.41, 5.74) is 6.03. The van der Waals surface area contributed by atoms with Crippen molar-refractivity contribution in [3.63, 3.8) is 0 Å². The van der Waals surface area contributed by atoms with Crippen LogP contribution in [0.4, 0.5) is 5.69 Å². The number of aromatic nitrogens is 2. The van der Waals surface area contributed by atoms with Crippen molar-refractivity contribution in [1.29, 1.82) is 0 Å². The van der Waals surface area contributed by atoms with E-state index in [-0.39, 0.29) is 24.5 Å². The second-order valence-electron chi connectivity index (χ2n) is 12.2. The van der Waals surface area contributed by atoms with Gasteiger partial charge in [-0.3, -0.25) is 9.59 Å². The van der Waals surface area contributed by atoms with Gasteiger partial charge in [-0.05, 0) is 91.2 Å². The molecule has 0 aliphatic carbocycles. The van der Waals surface area contributed by atoms with Gasteiger partial charge in [-0.25, -0.2) is 4.68 Å². The third-order valence-electron chi connectivity index (χ3n) is 8.65. The van der Waals surface area contributed by atoms with Crippen molar-refractivity contribution in [3.05, 3.63) is 110 Å². The van der Waals surface area contributed by atoms with E-state index in [1.807, 2.05) is 60.4 Å². The van der Waals surface area contributed by atoms with E-state index >= 15 is 0 Å². The van der Waals surface area contributed by atoms with Crippen LogP contribution in [0.2, 0.25) is 10.0 Å². The van der Waals surface area contributed by atoms with Crippen LogP contribution in [0, 0.1) is 6.92 Å². The summed E-state index contributed by atoms with van der Waals surface area (Å²) >= 11 is 13.8. The van der Waals surface area contributed by atoms with E-state index in [0.717, 1.165) is 53.8 Å². The molecule has 1 aliphatic rings. The minimum Gasteiger partial charge on any atom is -0.394 e. The zero-order valence-corrected chi connectivity index (χ0v) is 30.0. The molecule has 2 N–H and O–H groups in total. The number of aryl methyl sites for hydroxylation is 1. The first-order valence-corrected chi connectivity index (χ1v) is 18.3. The third-order valence-corrected chi connectivity index (χ3v) is 10.2. The highest BCUT2D eigenvalue weighted by atomic mass is 35.5. The Bertz CT molecular complexity index is 1740. The van der Waals surface area contributed by atoms with E-state index in [0.29, 0.717) is 58.8 Å². The smallest absolute Gasteiger partial charge is 0.274 e. The maximum Gasteiger partial charge on any atom is 0.274 e. The standard InChI is InChI=1S/C37H43Cl2N5O3S/c1-4-6-16-42(17-7-5-2)37(47)34-18-25(3)44(40-34)35-15-13-29(41-48-24-26-12-14-32(38)33(39)19-26)21-31(35)36(46)43-22-28-11-9-8-10-27(28)20-30(43)23-45/h8-15,18-19,21,30,41,45H,4-7,16-17,20,22-24H2,1-3H3. The van der Waals surface area contributed by atoms with Gasteiger partial charge in [0.05, 0.1) is 33.9 Å². The van der Waals surface area contributed by atoms with Gasteiger partial charge in [0.1, 0.15) is 0 Å². The lowest BCUT2D eigenvalue weighted by molar-refractivity contribution is 0.0544. The van der Waals surface area contributed by atoms with Crippen LogP contribution < -0.4 is 4.72 Å². The van der Waals surface area contributed by atoms with Crippen molar-refractivity contribution in [2.45, 2.75) is 71.2 Å². The minimum atomic E-state index is -0.373. The van der Waals surface area contributed by atoms with E-state index in [4.69, 9.17) is 28.3 Å². The number of carbonyl (C=O) groups excluding carboxylic acids is 2. The number of unbranched alkanes of at least 4 members (excludes halogenated alkanes) is 2. The Hall–Kier alpha value is -3.50. The number of carbonyl (C=O) groups is 2. The molecular weight excluding hydrogens is 665 g/mol. The van der Waals surface area contributed by atoms with Gasteiger partial charge in [0.2, 0.25) is 0 Å². The molecule has 1 atom stereocenters. The van der Waals surface area contributed by atoms with Crippen LogP contribution in [0.15, 0.2) is 66.7 Å². The van der Waals surface area contributed by atoms with Crippen LogP contribution in [0.1, 0.15) is 82.8 Å². The monoisotopic (exact) mass is 707 g/mol. The van der Waals surface area contributed by atoms with Gasteiger partial charge in [0.15, 0.2) is 5.69 Å². The molecule has 1 unspecified atom stereocenters. The molecule has 0 saturated heterocycles. The van der Waals surface area contributed by atoms with E-state index in [1.165, 1.54) is 11.9 Å². The van der Waals surface area contributed by atoms with Gasteiger partial charge in [0.25, 0.3) is 11.8 Å². The molecule has 0 fully saturated rings. The molecule has 0 bridgehead atoms. The molecule has 48 heavy (non-hydrogen) atoms. The van der Waals surface area contributed by atoms with E-state index in [9.17, 15) is 14.7 Å². The van der Waals surface area contributed by atoms with Crippen LogP contribution in [0.5, 0.6) is 0 Å². The van der Waals surface area contributed by atoms with Crippen molar-refractivity contribution >= 4 is 52.7 Å². The van der Waals surface area contributed by atoms with Gasteiger partial charge >= 0.3 is 0 Å². The van der Waals surface area contributed by atoms with Gasteiger partial charge in [-0.1, -0.05) is 80.2 Å². The first kappa shape index (κ1) is 35.8. The fraction of sp³-hybridized carbons (Fsp3) is 0.378. The predicted octanol–water partition coefficient (Wildman–Crippen LogP) is 8.35. The molecule has 0 spiro atoms. The Morgan fingerprint density at radius 2 is 1.71 bits per heavy atom. The third kappa shape index (κ3) is 8.37. The Morgan fingerprint density at radius 1 is 0.979 bits per heavy atom. The van der Waals surface area contributed by atoms with Gasteiger partial charge in [-0.2, -0.15) is 5.10 Å². The molecule has 0 radical (unpaired) electrons. The first-order chi connectivity index (χ1) is 23.2. The van der Waals surface area contributed by atoms with E-state index in [1.54, 1.807) is 21.7 Å². The average Bonchev–Trinajstić information content (AvgIpc) is 3.49. The number of fused-ring (bicyclic) bond motifs is 1. The maximum atomic E-state index is 14.5. The number of benzene rings is 3. The molecule has 4 aromatic rings. The molecular formula is C37H43Cl2N5O3S. The van der Waals surface area contributed by atoms with Crippen LogP contribution in [-0.4, -0.2) is 62.2 Å². The fourth-order valence-electron chi connectivity index (χ4n) is 5.93. The Labute approximate surface area is 297 Å². The number of hydrogen-bond acceptors (Lipinski definition) is 6. The highest BCUT2D eigenvalue weighted by molar-refractivity contribution is 7.99. The molecule has 2 amide bonds. The maximum absolute atomic E-state index is 14.5. The summed E-state index contributed by atoms with van der Waals surface area (Å²) in [5.74, 6) is 0.303. The predicted molar refractivity (Wildman–Crippen MR) is 196 cm³/mol.